The third kappa shape index (κ3) is 9.86. The monoisotopic (exact) mass is 768 g/mol. The van der Waals surface area contributed by atoms with Crippen molar-refractivity contribution < 1.29 is 38.1 Å². The molecule has 0 amide bonds. The van der Waals surface area contributed by atoms with Crippen molar-refractivity contribution in [3.63, 3.8) is 0 Å². The first-order valence-electron chi connectivity index (χ1n) is 20.4. The maximum atomic E-state index is 12.7. The van der Waals surface area contributed by atoms with Gasteiger partial charge in [0, 0.05) is 11.8 Å². The van der Waals surface area contributed by atoms with Gasteiger partial charge in [-0.15, -0.1) is 0 Å². The number of ether oxygens (including phenoxy) is 2. The number of carbonyl (C=O) groups excluding carboxylic acids is 2. The summed E-state index contributed by atoms with van der Waals surface area (Å²) in [6, 6.07) is 24.2. The number of furan rings is 2. The van der Waals surface area contributed by atoms with Crippen molar-refractivity contribution in [2.45, 2.75) is 143 Å². The van der Waals surface area contributed by atoms with Gasteiger partial charge in [-0.2, -0.15) is 0 Å². The normalized spacial score (nSPS) is 24.0. The summed E-state index contributed by atoms with van der Waals surface area (Å²) in [6.07, 6.45) is 2.64. The summed E-state index contributed by atoms with van der Waals surface area (Å²) in [5, 5.41) is 20.9. The van der Waals surface area contributed by atoms with Crippen LogP contribution in [0.1, 0.15) is 138 Å². The Bertz CT molecular complexity index is 1710. The lowest BCUT2D eigenvalue weighted by atomic mass is 9.64. The van der Waals surface area contributed by atoms with Crippen LogP contribution in [-0.2, 0) is 29.9 Å². The molecule has 2 saturated carbocycles. The number of hydrogen-bond donors (Lipinski definition) is 2. The maximum absolute atomic E-state index is 12.7. The van der Waals surface area contributed by atoms with Crippen LogP contribution in [0.4, 0.5) is 0 Å². The average molecular weight is 769 g/mol. The van der Waals surface area contributed by atoms with E-state index >= 15 is 0 Å². The highest BCUT2D eigenvalue weighted by Gasteiger charge is 2.44. The zero-order valence-corrected chi connectivity index (χ0v) is 35.1. The van der Waals surface area contributed by atoms with Gasteiger partial charge in [0.2, 0.25) is 12.2 Å². The number of carbonyl (C=O) groups is 2. The van der Waals surface area contributed by atoms with E-state index in [0.717, 1.165) is 49.7 Å². The van der Waals surface area contributed by atoms with Crippen molar-refractivity contribution in [3.8, 4) is 0 Å². The fourth-order valence-corrected chi connectivity index (χ4v) is 8.87. The van der Waals surface area contributed by atoms with Crippen LogP contribution < -0.4 is 0 Å². The van der Waals surface area contributed by atoms with E-state index in [1.807, 2.05) is 39.8 Å². The van der Waals surface area contributed by atoms with Gasteiger partial charge in [0.1, 0.15) is 35.2 Å². The summed E-state index contributed by atoms with van der Waals surface area (Å²) in [5.74, 6) is 2.04. The lowest BCUT2D eigenvalue weighted by Gasteiger charge is -2.44. The molecule has 6 rings (SSSR count). The first-order valence-corrected chi connectivity index (χ1v) is 20.4. The van der Waals surface area contributed by atoms with Crippen LogP contribution in [-0.4, -0.2) is 34.4 Å². The smallest absolute Gasteiger partial charge is 0.343 e. The largest absolute Gasteiger partial charge is 0.463 e. The summed E-state index contributed by atoms with van der Waals surface area (Å²) in [5.41, 5.74) is 4.05. The van der Waals surface area contributed by atoms with Gasteiger partial charge in [-0.25, -0.2) is 9.59 Å². The summed E-state index contributed by atoms with van der Waals surface area (Å²) < 4.78 is 22.8. The molecule has 2 aliphatic carbocycles. The Morgan fingerprint density at radius 1 is 0.607 bits per heavy atom. The maximum Gasteiger partial charge on any atom is 0.343 e. The molecular weight excluding hydrogens is 705 g/mol. The quantitative estimate of drug-likeness (QED) is 0.153. The number of esters is 2. The Balaban J connectivity index is 0.000000214. The third-order valence-corrected chi connectivity index (χ3v) is 12.9. The van der Waals surface area contributed by atoms with Crippen molar-refractivity contribution in [1.29, 1.82) is 0 Å². The van der Waals surface area contributed by atoms with Crippen molar-refractivity contribution >= 4 is 11.9 Å². The van der Waals surface area contributed by atoms with Gasteiger partial charge in [-0.1, -0.05) is 115 Å². The second-order valence-corrected chi connectivity index (χ2v) is 17.8. The molecule has 2 N–H and O–H groups in total. The van der Waals surface area contributed by atoms with Gasteiger partial charge < -0.3 is 28.5 Å². The minimum Gasteiger partial charge on any atom is -0.463 e. The zero-order chi connectivity index (χ0) is 40.9. The van der Waals surface area contributed by atoms with Crippen LogP contribution in [0.2, 0.25) is 0 Å². The molecule has 2 aromatic heterocycles. The highest BCUT2D eigenvalue weighted by Crippen LogP contribution is 2.45. The summed E-state index contributed by atoms with van der Waals surface area (Å²) in [6.45, 7) is 20.7. The van der Waals surface area contributed by atoms with E-state index in [1.165, 1.54) is 11.1 Å². The average Bonchev–Trinajstić information content (AvgIpc) is 3.69. The standard InChI is InChI=1S/2C24H32O4/c2*1-15-11-12-19(24(4,5)18-9-7-6-8-10-18)20(13-15)28-23(26)22(25)21-14-16(2)17(3)27-21/h2*6-10,14-15,19-20,22,25H,11-13H2,1-5H3/t2*15-,19-,20-,22+/m11/s1. The zero-order valence-electron chi connectivity index (χ0n) is 35.1. The van der Waals surface area contributed by atoms with Crippen LogP contribution in [0, 0.1) is 51.4 Å². The van der Waals surface area contributed by atoms with E-state index in [2.05, 4.69) is 90.1 Å². The molecule has 8 atom stereocenters. The van der Waals surface area contributed by atoms with Crippen LogP contribution in [0.5, 0.6) is 0 Å². The molecule has 0 bridgehead atoms. The van der Waals surface area contributed by atoms with Crippen molar-refractivity contribution in [2.75, 3.05) is 0 Å². The predicted molar refractivity (Wildman–Crippen MR) is 218 cm³/mol. The van der Waals surface area contributed by atoms with E-state index in [-0.39, 0.29) is 46.4 Å². The molecule has 304 valence electrons. The first kappa shape index (κ1) is 43.0. The van der Waals surface area contributed by atoms with Gasteiger partial charge in [0.25, 0.3) is 0 Å². The molecule has 0 saturated heterocycles. The number of rotatable bonds is 10. The van der Waals surface area contributed by atoms with Gasteiger partial charge in [-0.3, -0.25) is 0 Å². The lowest BCUT2D eigenvalue weighted by molar-refractivity contribution is -0.168. The molecule has 56 heavy (non-hydrogen) atoms. The van der Waals surface area contributed by atoms with Crippen molar-refractivity contribution in [3.05, 3.63) is 118 Å². The molecule has 0 spiro atoms. The Morgan fingerprint density at radius 2 is 0.946 bits per heavy atom. The van der Waals surface area contributed by atoms with Gasteiger partial charge >= 0.3 is 11.9 Å². The van der Waals surface area contributed by atoms with E-state index in [9.17, 15) is 19.8 Å². The Kier molecular flexibility index (Phi) is 13.8. The number of aliphatic hydroxyl groups excluding tert-OH is 2. The molecule has 8 heteroatoms. The lowest BCUT2D eigenvalue weighted by Crippen LogP contribution is -2.44. The highest BCUT2D eigenvalue weighted by atomic mass is 16.6. The molecule has 0 unspecified atom stereocenters. The summed E-state index contributed by atoms with van der Waals surface area (Å²) in [7, 11) is 0. The van der Waals surface area contributed by atoms with Crippen LogP contribution in [0.3, 0.4) is 0 Å². The van der Waals surface area contributed by atoms with Crippen LogP contribution in [0.25, 0.3) is 0 Å². The van der Waals surface area contributed by atoms with Crippen molar-refractivity contribution in [2.24, 2.45) is 23.7 Å². The van der Waals surface area contributed by atoms with Gasteiger partial charge in [-0.05, 0) is 110 Å². The molecule has 4 aromatic rings. The Labute approximate surface area is 334 Å². The number of hydrogen-bond acceptors (Lipinski definition) is 8. The molecule has 2 aliphatic rings. The van der Waals surface area contributed by atoms with E-state index in [0.29, 0.717) is 23.4 Å². The molecule has 0 radical (unpaired) electrons. The second kappa shape index (κ2) is 18.0. The van der Waals surface area contributed by atoms with E-state index < -0.39 is 24.1 Å². The summed E-state index contributed by atoms with van der Waals surface area (Å²) in [4.78, 5) is 25.4. The fourth-order valence-electron chi connectivity index (χ4n) is 8.87. The summed E-state index contributed by atoms with van der Waals surface area (Å²) >= 11 is 0. The first-order chi connectivity index (χ1) is 26.4. The second-order valence-electron chi connectivity index (χ2n) is 17.8. The number of aryl methyl sites for hydroxylation is 4. The SMILES string of the molecule is Cc1cc([C@H](O)C(=O)O[C@@H]2C[C@H](C)CC[C@H]2C(C)(C)c2ccccc2)oc1C.Cc1cc([C@H](O)C(=O)O[C@@H]2C[C@H](C)CC[C@H]2C(C)(C)c2ccccc2)oc1C. The molecule has 0 aliphatic heterocycles. The Hall–Kier alpha value is -4.14. The number of benzene rings is 2. The van der Waals surface area contributed by atoms with E-state index in [4.69, 9.17) is 18.3 Å². The number of aliphatic hydroxyl groups is 2. The predicted octanol–water partition coefficient (Wildman–Crippen LogP) is 10.5. The highest BCUT2D eigenvalue weighted by molar-refractivity contribution is 5.76. The minimum atomic E-state index is -1.38. The molecule has 8 nitrogen and oxygen atoms in total. The van der Waals surface area contributed by atoms with Crippen LogP contribution in [0.15, 0.2) is 81.6 Å². The van der Waals surface area contributed by atoms with E-state index in [1.54, 1.807) is 12.1 Å². The van der Waals surface area contributed by atoms with Gasteiger partial charge in [0.15, 0.2) is 0 Å². The molecule has 2 heterocycles. The minimum absolute atomic E-state index is 0.130. The van der Waals surface area contributed by atoms with Crippen molar-refractivity contribution in [1.82, 2.24) is 0 Å². The fraction of sp³-hybridized carbons (Fsp3) is 0.542. The molecule has 2 fully saturated rings. The van der Waals surface area contributed by atoms with Crippen LogP contribution >= 0.6 is 0 Å². The topological polar surface area (TPSA) is 119 Å². The Morgan fingerprint density at radius 3 is 1.25 bits per heavy atom. The third-order valence-electron chi connectivity index (χ3n) is 12.9. The van der Waals surface area contributed by atoms with Gasteiger partial charge in [0.05, 0.1) is 0 Å². The molecule has 2 aromatic carbocycles. The molecular formula is C48H64O8.